The number of amides is 5. The third kappa shape index (κ3) is 4.01. The van der Waals surface area contributed by atoms with Crippen LogP contribution in [0.5, 0.6) is 0 Å². The highest BCUT2D eigenvalue weighted by molar-refractivity contribution is 6.07. The summed E-state index contributed by atoms with van der Waals surface area (Å²) in [7, 11) is 0. The number of hydrogen-bond acceptors (Lipinski definition) is 3. The molecule has 0 aromatic heterocycles. The minimum absolute atomic E-state index is 0.115. The predicted octanol–water partition coefficient (Wildman–Crippen LogP) is 3.60. The lowest BCUT2D eigenvalue weighted by Gasteiger charge is -2.35. The molecule has 2 heterocycles. The summed E-state index contributed by atoms with van der Waals surface area (Å²) in [6.07, 6.45) is 0. The zero-order chi connectivity index (χ0) is 23.7. The van der Waals surface area contributed by atoms with Crippen LogP contribution in [0.4, 0.5) is 9.59 Å². The van der Waals surface area contributed by atoms with Crippen LogP contribution in [0.25, 0.3) is 0 Å². The fraction of sp³-hybridized carbons (Fsp3) is 0.222. The van der Waals surface area contributed by atoms with E-state index in [1.807, 2.05) is 53.4 Å². The molecule has 2 atom stereocenters. The van der Waals surface area contributed by atoms with E-state index >= 15 is 0 Å². The minimum atomic E-state index is -1.13. The second-order valence-electron chi connectivity index (χ2n) is 8.93. The largest absolute Gasteiger partial charge is 0.334 e. The van der Waals surface area contributed by atoms with Crippen LogP contribution in [0.15, 0.2) is 78.9 Å². The van der Waals surface area contributed by atoms with E-state index in [4.69, 9.17) is 0 Å². The van der Waals surface area contributed by atoms with Crippen molar-refractivity contribution in [2.45, 2.75) is 31.5 Å². The second-order valence-corrected chi connectivity index (χ2v) is 8.93. The number of carbonyl (C=O) groups is 3. The molecule has 0 bridgehead atoms. The second kappa shape index (κ2) is 8.67. The van der Waals surface area contributed by atoms with Gasteiger partial charge in [-0.25, -0.2) is 9.59 Å². The molecule has 3 aromatic rings. The fourth-order valence-electron chi connectivity index (χ4n) is 4.76. The monoisotopic (exact) mass is 454 g/mol. The summed E-state index contributed by atoms with van der Waals surface area (Å²) in [6.45, 7) is 3.12. The molecule has 2 aliphatic heterocycles. The molecule has 172 valence electrons. The van der Waals surface area contributed by atoms with E-state index < -0.39 is 17.5 Å². The number of hydrogen-bond donors (Lipinski definition) is 3. The summed E-state index contributed by atoms with van der Waals surface area (Å²) in [5.41, 5.74) is 3.98. The number of nitrogens with one attached hydrogen (secondary N) is 3. The maximum absolute atomic E-state index is 13.2. The summed E-state index contributed by atoms with van der Waals surface area (Å²) >= 11 is 0. The van der Waals surface area contributed by atoms with Gasteiger partial charge in [0.15, 0.2) is 0 Å². The van der Waals surface area contributed by atoms with Crippen LogP contribution in [0, 0.1) is 0 Å². The maximum Gasteiger partial charge on any atom is 0.322 e. The van der Waals surface area contributed by atoms with E-state index in [1.54, 1.807) is 13.0 Å². The Morgan fingerprint density at radius 2 is 1.79 bits per heavy atom. The van der Waals surface area contributed by atoms with Gasteiger partial charge < -0.3 is 15.5 Å². The molecule has 2 aliphatic rings. The molecule has 0 saturated carbocycles. The van der Waals surface area contributed by atoms with Crippen molar-refractivity contribution < 1.29 is 14.4 Å². The van der Waals surface area contributed by atoms with Crippen molar-refractivity contribution >= 4 is 18.0 Å². The Hall–Kier alpha value is -4.13. The van der Waals surface area contributed by atoms with Gasteiger partial charge in [-0.1, -0.05) is 78.9 Å². The van der Waals surface area contributed by atoms with Crippen molar-refractivity contribution in [3.05, 3.63) is 107 Å². The summed E-state index contributed by atoms with van der Waals surface area (Å²) in [4.78, 5) is 38.9. The first-order valence-electron chi connectivity index (χ1n) is 11.3. The first-order chi connectivity index (χ1) is 16.4. The Morgan fingerprint density at radius 1 is 1.03 bits per heavy atom. The van der Waals surface area contributed by atoms with E-state index in [2.05, 4.69) is 40.2 Å². The number of fused-ring (bicyclic) bond motifs is 1. The Morgan fingerprint density at radius 3 is 2.56 bits per heavy atom. The number of imide groups is 1. The highest BCUT2D eigenvalue weighted by Gasteiger charge is 2.43. The zero-order valence-electron chi connectivity index (χ0n) is 18.9. The van der Waals surface area contributed by atoms with Gasteiger partial charge in [0, 0.05) is 25.6 Å². The highest BCUT2D eigenvalue weighted by atomic mass is 16.2. The van der Waals surface area contributed by atoms with Crippen molar-refractivity contribution in [3.63, 3.8) is 0 Å². The van der Waals surface area contributed by atoms with Crippen molar-refractivity contribution in [2.75, 3.05) is 6.54 Å². The SMILES string of the molecule is CC1(c2cccc(CNC(=O)N3Cc4ccccc4C(c4ccccc4)C3)c2)NC(=O)NC1=O. The molecule has 34 heavy (non-hydrogen) atoms. The summed E-state index contributed by atoms with van der Waals surface area (Å²) in [6, 6.07) is 25.2. The molecule has 3 aromatic carbocycles. The Balaban J connectivity index is 1.31. The normalized spacial score (nSPS) is 21.4. The molecule has 3 N–H and O–H groups in total. The summed E-state index contributed by atoms with van der Waals surface area (Å²) in [5, 5.41) is 7.97. The molecule has 5 amide bonds. The van der Waals surface area contributed by atoms with Crippen molar-refractivity contribution in [1.82, 2.24) is 20.9 Å². The quantitative estimate of drug-likeness (QED) is 0.526. The lowest BCUT2D eigenvalue weighted by atomic mass is 9.85. The fourth-order valence-corrected chi connectivity index (χ4v) is 4.76. The van der Waals surface area contributed by atoms with Gasteiger partial charge in [0.05, 0.1) is 0 Å². The first-order valence-corrected chi connectivity index (χ1v) is 11.3. The number of urea groups is 2. The van der Waals surface area contributed by atoms with Crippen LogP contribution in [-0.4, -0.2) is 29.4 Å². The van der Waals surface area contributed by atoms with Crippen LogP contribution in [0.1, 0.15) is 40.7 Å². The average molecular weight is 455 g/mol. The first kappa shape index (κ1) is 21.7. The highest BCUT2D eigenvalue weighted by Crippen LogP contribution is 2.33. The lowest BCUT2D eigenvalue weighted by molar-refractivity contribution is -0.123. The van der Waals surface area contributed by atoms with Gasteiger partial charge in [-0.15, -0.1) is 0 Å². The smallest absolute Gasteiger partial charge is 0.322 e. The van der Waals surface area contributed by atoms with Crippen LogP contribution in [-0.2, 0) is 23.4 Å². The molecule has 1 fully saturated rings. The van der Waals surface area contributed by atoms with Gasteiger partial charge in [-0.3, -0.25) is 10.1 Å². The number of carbonyl (C=O) groups excluding carboxylic acids is 3. The number of rotatable bonds is 4. The standard InChI is InChI=1S/C27H26N4O3/c1-27(24(32)29-25(33)30-27)21-12-7-8-18(14-21)15-28-26(34)31-16-20-11-5-6-13-22(20)23(17-31)19-9-3-2-4-10-19/h2-14,23H,15-17H2,1H3,(H,28,34)(H2,29,30,32,33). The Kier molecular flexibility index (Phi) is 5.53. The van der Waals surface area contributed by atoms with Gasteiger partial charge in [-0.2, -0.15) is 0 Å². The van der Waals surface area contributed by atoms with E-state index in [0.717, 1.165) is 11.1 Å². The third-order valence-corrected chi connectivity index (χ3v) is 6.68. The Bertz CT molecular complexity index is 1260. The maximum atomic E-state index is 13.2. The predicted molar refractivity (Wildman–Crippen MR) is 128 cm³/mol. The summed E-state index contributed by atoms with van der Waals surface area (Å²) < 4.78 is 0. The molecular formula is C27H26N4O3. The third-order valence-electron chi connectivity index (χ3n) is 6.68. The zero-order valence-corrected chi connectivity index (χ0v) is 18.9. The topological polar surface area (TPSA) is 90.5 Å². The van der Waals surface area contributed by atoms with E-state index in [1.165, 1.54) is 11.1 Å². The van der Waals surface area contributed by atoms with Gasteiger partial charge in [0.25, 0.3) is 5.91 Å². The van der Waals surface area contributed by atoms with Crippen LogP contribution < -0.4 is 16.0 Å². The van der Waals surface area contributed by atoms with Crippen molar-refractivity contribution in [3.8, 4) is 0 Å². The van der Waals surface area contributed by atoms with Gasteiger partial charge in [0.1, 0.15) is 5.54 Å². The molecule has 7 nitrogen and oxygen atoms in total. The number of benzene rings is 3. The van der Waals surface area contributed by atoms with E-state index in [0.29, 0.717) is 25.2 Å². The molecule has 2 unspecified atom stereocenters. The van der Waals surface area contributed by atoms with Crippen LogP contribution in [0.3, 0.4) is 0 Å². The molecule has 5 rings (SSSR count). The van der Waals surface area contributed by atoms with Gasteiger partial charge >= 0.3 is 12.1 Å². The average Bonchev–Trinajstić information content (AvgIpc) is 3.14. The molecule has 7 heteroatoms. The van der Waals surface area contributed by atoms with Gasteiger partial charge in [0.2, 0.25) is 0 Å². The van der Waals surface area contributed by atoms with Crippen LogP contribution in [0.2, 0.25) is 0 Å². The van der Waals surface area contributed by atoms with Crippen molar-refractivity contribution in [1.29, 1.82) is 0 Å². The van der Waals surface area contributed by atoms with E-state index in [-0.39, 0.29) is 11.9 Å². The molecule has 0 aliphatic carbocycles. The summed E-state index contributed by atoms with van der Waals surface area (Å²) in [5.74, 6) is -0.276. The minimum Gasteiger partial charge on any atom is -0.334 e. The van der Waals surface area contributed by atoms with Crippen LogP contribution >= 0.6 is 0 Å². The number of nitrogens with zero attached hydrogens (tertiary/aromatic N) is 1. The van der Waals surface area contributed by atoms with Gasteiger partial charge in [-0.05, 0) is 34.7 Å². The lowest BCUT2D eigenvalue weighted by Crippen LogP contribution is -2.44. The molecule has 0 spiro atoms. The molecule has 1 saturated heterocycles. The van der Waals surface area contributed by atoms with E-state index in [9.17, 15) is 14.4 Å². The molecular weight excluding hydrogens is 428 g/mol. The van der Waals surface area contributed by atoms with Crippen molar-refractivity contribution in [2.24, 2.45) is 0 Å². The molecule has 0 radical (unpaired) electrons. The Labute approximate surface area is 198 Å².